The van der Waals surface area contributed by atoms with Crippen LogP contribution in [0.25, 0.3) is 0 Å². The zero-order chi connectivity index (χ0) is 13.2. The quantitative estimate of drug-likeness (QED) is 0.834. The monoisotopic (exact) mass is 253 g/mol. The van der Waals surface area contributed by atoms with E-state index in [0.717, 1.165) is 18.5 Å². The molecule has 0 aromatic rings. The molecule has 0 aromatic heterocycles. The molecule has 0 spiro atoms. The molecule has 0 saturated carbocycles. The second-order valence-electron chi connectivity index (χ2n) is 6.55. The number of hydrogen-bond donors (Lipinski definition) is 1. The first-order chi connectivity index (χ1) is 8.61. The molecular formula is C15H31N3. The smallest absolute Gasteiger partial charge is 0.0358 e. The molecule has 0 aromatic carbocycles. The second-order valence-corrected chi connectivity index (χ2v) is 6.55. The predicted octanol–water partition coefficient (Wildman–Crippen LogP) is 1.92. The van der Waals surface area contributed by atoms with E-state index in [1.165, 1.54) is 51.9 Å². The first-order valence-corrected chi connectivity index (χ1v) is 7.80. The summed E-state index contributed by atoms with van der Waals surface area (Å²) in [7, 11) is 0. The molecule has 2 N–H and O–H groups in total. The van der Waals surface area contributed by atoms with E-state index in [4.69, 9.17) is 5.73 Å². The first kappa shape index (κ1) is 14.3. The van der Waals surface area contributed by atoms with Crippen LogP contribution >= 0.6 is 0 Å². The average Bonchev–Trinajstić information content (AvgIpc) is 2.41. The van der Waals surface area contributed by atoms with Gasteiger partial charge in [-0.25, -0.2) is 0 Å². The van der Waals surface area contributed by atoms with E-state index >= 15 is 0 Å². The largest absolute Gasteiger partial charge is 0.329 e. The van der Waals surface area contributed by atoms with Crippen molar-refractivity contribution in [3.63, 3.8) is 0 Å². The van der Waals surface area contributed by atoms with Gasteiger partial charge in [-0.15, -0.1) is 0 Å². The van der Waals surface area contributed by atoms with Gasteiger partial charge in [-0.2, -0.15) is 0 Å². The van der Waals surface area contributed by atoms with Gasteiger partial charge in [0.05, 0.1) is 0 Å². The highest BCUT2D eigenvalue weighted by Gasteiger charge is 2.42. The van der Waals surface area contributed by atoms with E-state index < -0.39 is 0 Å². The van der Waals surface area contributed by atoms with Crippen LogP contribution in [0.5, 0.6) is 0 Å². The third-order valence-electron chi connectivity index (χ3n) is 5.34. The summed E-state index contributed by atoms with van der Waals surface area (Å²) in [5, 5.41) is 0. The molecular weight excluding hydrogens is 222 g/mol. The third kappa shape index (κ3) is 2.73. The van der Waals surface area contributed by atoms with Gasteiger partial charge in [0.2, 0.25) is 0 Å². The van der Waals surface area contributed by atoms with Crippen molar-refractivity contribution in [1.82, 2.24) is 9.80 Å². The molecule has 2 aliphatic heterocycles. The van der Waals surface area contributed by atoms with Gasteiger partial charge in [-0.1, -0.05) is 13.8 Å². The first-order valence-electron chi connectivity index (χ1n) is 7.80. The Morgan fingerprint density at radius 2 is 1.83 bits per heavy atom. The van der Waals surface area contributed by atoms with Crippen molar-refractivity contribution in [2.75, 3.05) is 32.7 Å². The average molecular weight is 253 g/mol. The minimum absolute atomic E-state index is 0.291. The molecule has 18 heavy (non-hydrogen) atoms. The Balaban J connectivity index is 2.07. The lowest BCUT2D eigenvalue weighted by atomic mass is 9.81. The standard InChI is InChI=1S/C15H31N3/c1-4-17-9-7-15(12-16,8-10-17)18-11-13(2)5-6-14(18)3/h13-14H,4-12,16H2,1-3H3. The Kier molecular flexibility index (Phi) is 4.68. The molecule has 3 nitrogen and oxygen atoms in total. The molecule has 2 saturated heterocycles. The Morgan fingerprint density at radius 1 is 1.17 bits per heavy atom. The van der Waals surface area contributed by atoms with Gasteiger partial charge >= 0.3 is 0 Å². The fourth-order valence-electron chi connectivity index (χ4n) is 3.84. The van der Waals surface area contributed by atoms with Crippen molar-refractivity contribution in [2.24, 2.45) is 11.7 Å². The molecule has 2 aliphatic rings. The molecule has 2 atom stereocenters. The van der Waals surface area contributed by atoms with E-state index in [1.807, 2.05) is 0 Å². The molecule has 2 unspecified atom stereocenters. The summed E-state index contributed by atoms with van der Waals surface area (Å²) in [5.74, 6) is 0.842. The minimum atomic E-state index is 0.291. The zero-order valence-corrected chi connectivity index (χ0v) is 12.5. The van der Waals surface area contributed by atoms with Crippen LogP contribution in [-0.4, -0.2) is 54.1 Å². The highest BCUT2D eigenvalue weighted by atomic mass is 15.3. The van der Waals surface area contributed by atoms with E-state index in [9.17, 15) is 0 Å². The van der Waals surface area contributed by atoms with Crippen molar-refractivity contribution in [3.05, 3.63) is 0 Å². The maximum atomic E-state index is 6.20. The van der Waals surface area contributed by atoms with Crippen LogP contribution in [0.3, 0.4) is 0 Å². The number of likely N-dealkylation sites (tertiary alicyclic amines) is 2. The maximum absolute atomic E-state index is 6.20. The van der Waals surface area contributed by atoms with E-state index in [2.05, 4.69) is 30.6 Å². The van der Waals surface area contributed by atoms with Crippen LogP contribution < -0.4 is 5.73 Å². The van der Waals surface area contributed by atoms with Crippen LogP contribution in [-0.2, 0) is 0 Å². The minimum Gasteiger partial charge on any atom is -0.329 e. The lowest BCUT2D eigenvalue weighted by molar-refractivity contribution is -0.0275. The lowest BCUT2D eigenvalue weighted by Gasteiger charge is -2.53. The second kappa shape index (κ2) is 5.89. The molecule has 0 amide bonds. The summed E-state index contributed by atoms with van der Waals surface area (Å²) >= 11 is 0. The van der Waals surface area contributed by atoms with Gasteiger partial charge in [0.25, 0.3) is 0 Å². The fraction of sp³-hybridized carbons (Fsp3) is 1.00. The third-order valence-corrected chi connectivity index (χ3v) is 5.34. The predicted molar refractivity (Wildman–Crippen MR) is 77.7 cm³/mol. The summed E-state index contributed by atoms with van der Waals surface area (Å²) in [5.41, 5.74) is 6.49. The summed E-state index contributed by atoms with van der Waals surface area (Å²) in [4.78, 5) is 5.32. The SMILES string of the molecule is CCN1CCC(CN)(N2CC(C)CCC2C)CC1. The van der Waals surface area contributed by atoms with Gasteiger partial charge in [0, 0.05) is 24.7 Å². The van der Waals surface area contributed by atoms with Crippen LogP contribution in [0.15, 0.2) is 0 Å². The number of piperidine rings is 2. The summed E-state index contributed by atoms with van der Waals surface area (Å²) in [6, 6.07) is 0.720. The van der Waals surface area contributed by atoms with Crippen LogP contribution in [0.4, 0.5) is 0 Å². The number of nitrogens with two attached hydrogens (primary N) is 1. The van der Waals surface area contributed by atoms with Gasteiger partial charge in [0.1, 0.15) is 0 Å². The maximum Gasteiger partial charge on any atom is 0.0358 e. The number of hydrogen-bond acceptors (Lipinski definition) is 3. The van der Waals surface area contributed by atoms with Crippen molar-refractivity contribution < 1.29 is 0 Å². The van der Waals surface area contributed by atoms with Gasteiger partial charge in [0.15, 0.2) is 0 Å². The normalized spacial score (nSPS) is 34.7. The Bertz CT molecular complexity index is 258. The molecule has 3 heteroatoms. The summed E-state index contributed by atoms with van der Waals surface area (Å²) in [6.07, 6.45) is 5.25. The van der Waals surface area contributed by atoms with Gasteiger partial charge < -0.3 is 10.6 Å². The molecule has 2 rings (SSSR count). The molecule has 106 valence electrons. The molecule has 2 fully saturated rings. The van der Waals surface area contributed by atoms with Crippen LogP contribution in [0.1, 0.15) is 46.5 Å². The van der Waals surface area contributed by atoms with Crippen molar-refractivity contribution >= 4 is 0 Å². The Hall–Kier alpha value is -0.120. The zero-order valence-electron chi connectivity index (χ0n) is 12.5. The molecule has 2 heterocycles. The van der Waals surface area contributed by atoms with Gasteiger partial charge in [-0.05, 0) is 58.2 Å². The van der Waals surface area contributed by atoms with Crippen molar-refractivity contribution in [1.29, 1.82) is 0 Å². The molecule has 0 radical (unpaired) electrons. The van der Waals surface area contributed by atoms with Crippen molar-refractivity contribution in [2.45, 2.75) is 58.0 Å². The topological polar surface area (TPSA) is 32.5 Å². The Morgan fingerprint density at radius 3 is 2.39 bits per heavy atom. The summed E-state index contributed by atoms with van der Waals surface area (Å²) in [6.45, 7) is 12.8. The van der Waals surface area contributed by atoms with E-state index in [0.29, 0.717) is 5.54 Å². The highest BCUT2D eigenvalue weighted by Crippen LogP contribution is 2.35. The Labute approximate surface area is 113 Å². The van der Waals surface area contributed by atoms with Crippen LogP contribution in [0, 0.1) is 5.92 Å². The molecule has 0 bridgehead atoms. The number of nitrogens with zero attached hydrogens (tertiary/aromatic N) is 2. The van der Waals surface area contributed by atoms with Gasteiger partial charge in [-0.3, -0.25) is 4.90 Å². The van der Waals surface area contributed by atoms with Crippen molar-refractivity contribution in [3.8, 4) is 0 Å². The number of rotatable bonds is 3. The van der Waals surface area contributed by atoms with E-state index in [-0.39, 0.29) is 0 Å². The van der Waals surface area contributed by atoms with Crippen LogP contribution in [0.2, 0.25) is 0 Å². The molecule has 0 aliphatic carbocycles. The highest BCUT2D eigenvalue weighted by molar-refractivity contribution is 4.99. The lowest BCUT2D eigenvalue weighted by Crippen LogP contribution is -2.63. The summed E-state index contributed by atoms with van der Waals surface area (Å²) < 4.78 is 0. The van der Waals surface area contributed by atoms with E-state index in [1.54, 1.807) is 0 Å². The fourth-order valence-corrected chi connectivity index (χ4v) is 3.84.